The van der Waals surface area contributed by atoms with Crippen LogP contribution in [-0.4, -0.2) is 25.2 Å². The van der Waals surface area contributed by atoms with E-state index in [4.69, 9.17) is 0 Å². The van der Waals surface area contributed by atoms with Crippen LogP contribution in [0.1, 0.15) is 13.3 Å². The molecule has 0 rings (SSSR count). The summed E-state index contributed by atoms with van der Waals surface area (Å²) >= 11 is 0. The lowest BCUT2D eigenvalue weighted by Gasteiger charge is -2.00. The smallest absolute Gasteiger partial charge is 0.309 e. The molecule has 0 saturated carbocycles. The summed E-state index contributed by atoms with van der Waals surface area (Å²) in [5.41, 5.74) is 0.749. The summed E-state index contributed by atoms with van der Waals surface area (Å²) in [6.07, 6.45) is 1.56. The Morgan fingerprint density at radius 3 is 2.83 bits per heavy atom. The first-order valence-electron chi connectivity index (χ1n) is 3.50. The van der Waals surface area contributed by atoms with E-state index < -0.39 is 0 Å². The number of nitrogens with zero attached hydrogens (tertiary/aromatic N) is 1. The van der Waals surface area contributed by atoms with Gasteiger partial charge in [0.25, 0.3) is 0 Å². The van der Waals surface area contributed by atoms with Crippen molar-refractivity contribution in [2.45, 2.75) is 13.3 Å². The van der Waals surface area contributed by atoms with Gasteiger partial charge in [-0.2, -0.15) is 0 Å². The number of rotatable bonds is 5. The van der Waals surface area contributed by atoms with Gasteiger partial charge in [0, 0.05) is 0 Å². The van der Waals surface area contributed by atoms with Crippen molar-refractivity contribution in [3.63, 3.8) is 0 Å². The van der Waals surface area contributed by atoms with E-state index in [1.807, 2.05) is 0 Å². The fourth-order valence-electron chi connectivity index (χ4n) is 0.548. The summed E-state index contributed by atoms with van der Waals surface area (Å²) in [6.45, 7) is 5.59. The third kappa shape index (κ3) is 6.71. The predicted molar refractivity (Wildman–Crippen MR) is 43.4 cm³/mol. The van der Waals surface area contributed by atoms with Crippen LogP contribution in [0.25, 0.3) is 0 Å². The molecule has 0 aromatic carbocycles. The molecule has 0 aliphatic rings. The van der Waals surface area contributed by atoms with Gasteiger partial charge in [-0.3, -0.25) is 4.79 Å². The third-order valence-electron chi connectivity index (χ3n) is 0.977. The van der Waals surface area contributed by atoms with Crippen molar-refractivity contribution >= 4 is 12.0 Å². The van der Waals surface area contributed by atoms with E-state index in [0.717, 1.165) is 5.57 Å². The molecule has 66 valence electrons. The van der Waals surface area contributed by atoms with E-state index in [9.17, 15) is 9.59 Å². The quantitative estimate of drug-likeness (QED) is 0.201. The van der Waals surface area contributed by atoms with Gasteiger partial charge in [-0.1, -0.05) is 12.2 Å². The van der Waals surface area contributed by atoms with Gasteiger partial charge < -0.3 is 4.74 Å². The van der Waals surface area contributed by atoms with Crippen LogP contribution in [-0.2, 0) is 14.3 Å². The Balaban J connectivity index is 3.44. The minimum Gasteiger partial charge on any atom is -0.463 e. The predicted octanol–water partition coefficient (Wildman–Crippen LogP) is 0.832. The Morgan fingerprint density at radius 1 is 1.67 bits per heavy atom. The van der Waals surface area contributed by atoms with Crippen LogP contribution in [0.4, 0.5) is 0 Å². The van der Waals surface area contributed by atoms with Crippen molar-refractivity contribution in [3.05, 3.63) is 12.2 Å². The summed E-state index contributed by atoms with van der Waals surface area (Å²) < 4.78 is 4.68. The highest BCUT2D eigenvalue weighted by atomic mass is 16.5. The van der Waals surface area contributed by atoms with Gasteiger partial charge in [0.2, 0.25) is 6.08 Å². The van der Waals surface area contributed by atoms with Crippen molar-refractivity contribution in [1.29, 1.82) is 0 Å². The molecular formula is C8H11NO3. The molecule has 0 heterocycles. The van der Waals surface area contributed by atoms with E-state index in [-0.39, 0.29) is 25.5 Å². The van der Waals surface area contributed by atoms with E-state index in [1.54, 1.807) is 6.92 Å². The maximum Gasteiger partial charge on any atom is 0.309 e. The monoisotopic (exact) mass is 169 g/mol. The second kappa shape index (κ2) is 6.31. The number of aliphatic imine (C=N–C) groups is 1. The Labute approximate surface area is 70.9 Å². The normalized spacial score (nSPS) is 8.42. The molecule has 0 aliphatic carbocycles. The van der Waals surface area contributed by atoms with Crippen LogP contribution in [0.5, 0.6) is 0 Å². The van der Waals surface area contributed by atoms with E-state index >= 15 is 0 Å². The molecule has 0 aliphatic heterocycles. The number of carbonyl (C=O) groups is 1. The van der Waals surface area contributed by atoms with Crippen molar-refractivity contribution in [2.75, 3.05) is 13.2 Å². The summed E-state index contributed by atoms with van der Waals surface area (Å²) in [5, 5.41) is 0. The molecule has 0 spiro atoms. The van der Waals surface area contributed by atoms with Gasteiger partial charge in [0.15, 0.2) is 0 Å². The molecule has 0 N–H and O–H groups in total. The molecule has 12 heavy (non-hydrogen) atoms. The number of carbonyl (C=O) groups excluding carboxylic acids is 2. The molecule has 0 bridgehead atoms. The van der Waals surface area contributed by atoms with E-state index in [2.05, 4.69) is 16.3 Å². The lowest BCUT2D eigenvalue weighted by atomic mass is 10.2. The summed E-state index contributed by atoms with van der Waals surface area (Å²) in [7, 11) is 0. The molecular weight excluding hydrogens is 158 g/mol. The first-order valence-corrected chi connectivity index (χ1v) is 3.50. The minimum absolute atomic E-state index is 0.126. The molecule has 4 heteroatoms. The Hall–Kier alpha value is -1.41. The summed E-state index contributed by atoms with van der Waals surface area (Å²) in [4.78, 5) is 23.6. The van der Waals surface area contributed by atoms with Crippen molar-refractivity contribution in [1.82, 2.24) is 0 Å². The fourth-order valence-corrected chi connectivity index (χ4v) is 0.548. The molecule has 0 radical (unpaired) electrons. The minimum atomic E-state index is -0.344. The van der Waals surface area contributed by atoms with Crippen LogP contribution in [0.3, 0.4) is 0 Å². The number of ether oxygens (including phenoxy) is 1. The summed E-state index contributed by atoms with van der Waals surface area (Å²) in [6, 6.07) is 0. The number of hydrogen-bond donors (Lipinski definition) is 0. The van der Waals surface area contributed by atoms with Gasteiger partial charge in [-0.15, -0.1) is 0 Å². The zero-order valence-corrected chi connectivity index (χ0v) is 7.00. The fraction of sp³-hybridized carbons (Fsp3) is 0.500. The van der Waals surface area contributed by atoms with Gasteiger partial charge in [-0.05, 0) is 6.92 Å². The summed E-state index contributed by atoms with van der Waals surface area (Å²) in [5.74, 6) is -0.344. The molecule has 0 atom stereocenters. The Morgan fingerprint density at radius 2 is 2.33 bits per heavy atom. The zero-order valence-electron chi connectivity index (χ0n) is 7.00. The molecule has 0 aromatic heterocycles. The standard InChI is InChI=1S/C8H11NO3/c1-7(2)5-8(11)12-4-3-9-6-10/h1,3-5H2,2H3. The molecule has 0 unspecified atom stereocenters. The lowest BCUT2D eigenvalue weighted by molar-refractivity contribution is -0.142. The third-order valence-corrected chi connectivity index (χ3v) is 0.977. The Kier molecular flexibility index (Phi) is 5.57. The molecule has 0 amide bonds. The van der Waals surface area contributed by atoms with E-state index in [1.165, 1.54) is 6.08 Å². The second-order valence-electron chi connectivity index (χ2n) is 2.33. The van der Waals surface area contributed by atoms with Gasteiger partial charge >= 0.3 is 5.97 Å². The largest absolute Gasteiger partial charge is 0.463 e. The molecule has 0 fully saturated rings. The second-order valence-corrected chi connectivity index (χ2v) is 2.33. The van der Waals surface area contributed by atoms with Crippen molar-refractivity contribution in [3.8, 4) is 0 Å². The maximum atomic E-state index is 10.8. The van der Waals surface area contributed by atoms with Crippen LogP contribution in [0.2, 0.25) is 0 Å². The zero-order chi connectivity index (χ0) is 9.40. The molecule has 0 aromatic rings. The Bertz CT molecular complexity index is 216. The highest BCUT2D eigenvalue weighted by Gasteiger charge is 2.00. The van der Waals surface area contributed by atoms with Gasteiger partial charge in [0.05, 0.1) is 13.0 Å². The van der Waals surface area contributed by atoms with Gasteiger partial charge in [0.1, 0.15) is 6.61 Å². The highest BCUT2D eigenvalue weighted by Crippen LogP contribution is 1.96. The number of hydrogen-bond acceptors (Lipinski definition) is 4. The van der Waals surface area contributed by atoms with Crippen molar-refractivity contribution < 1.29 is 14.3 Å². The lowest BCUT2D eigenvalue weighted by Crippen LogP contribution is -2.07. The van der Waals surface area contributed by atoms with Crippen LogP contribution >= 0.6 is 0 Å². The van der Waals surface area contributed by atoms with Gasteiger partial charge in [-0.25, -0.2) is 9.79 Å². The first kappa shape index (κ1) is 10.6. The first-order chi connectivity index (χ1) is 5.66. The topological polar surface area (TPSA) is 55.7 Å². The molecule has 4 nitrogen and oxygen atoms in total. The van der Waals surface area contributed by atoms with Crippen LogP contribution in [0.15, 0.2) is 17.1 Å². The average molecular weight is 169 g/mol. The van der Waals surface area contributed by atoms with Crippen molar-refractivity contribution in [2.24, 2.45) is 4.99 Å². The van der Waals surface area contributed by atoms with E-state index in [0.29, 0.717) is 0 Å². The van der Waals surface area contributed by atoms with Crippen LogP contribution < -0.4 is 0 Å². The van der Waals surface area contributed by atoms with Crippen LogP contribution in [0, 0.1) is 0 Å². The number of isocyanates is 1. The average Bonchev–Trinajstić information content (AvgIpc) is 1.97. The SMILES string of the molecule is C=C(C)CC(=O)OCCN=C=O. The molecule has 0 saturated heterocycles. The number of esters is 1. The highest BCUT2D eigenvalue weighted by molar-refractivity contribution is 5.72. The maximum absolute atomic E-state index is 10.8.